The van der Waals surface area contributed by atoms with E-state index in [2.05, 4.69) is 26.0 Å². The van der Waals surface area contributed by atoms with E-state index < -0.39 is 0 Å². The van der Waals surface area contributed by atoms with Crippen molar-refractivity contribution in [3.05, 3.63) is 88.5 Å². The van der Waals surface area contributed by atoms with Gasteiger partial charge in [-0.25, -0.2) is 0 Å². The van der Waals surface area contributed by atoms with Crippen LogP contribution in [0.2, 0.25) is 0 Å². The molecule has 0 radical (unpaired) electrons. The lowest BCUT2D eigenvalue weighted by molar-refractivity contribution is 0.311. The molecule has 0 aromatic heterocycles. The third-order valence-corrected chi connectivity index (χ3v) is 7.17. The van der Waals surface area contributed by atoms with Crippen LogP contribution in [-0.2, 0) is 18.3 Å². The lowest BCUT2D eigenvalue weighted by atomic mass is 9.60. The molecule has 0 amide bonds. The van der Waals surface area contributed by atoms with Crippen LogP contribution in [0, 0.1) is 0 Å². The van der Waals surface area contributed by atoms with Gasteiger partial charge in [0.2, 0.25) is 0 Å². The number of hydrogen-bond acceptors (Lipinski definition) is 3. The first-order valence-corrected chi connectivity index (χ1v) is 11.4. The molecular formula is C28H32O3. The van der Waals surface area contributed by atoms with Crippen LogP contribution in [0.3, 0.4) is 0 Å². The Hall–Kier alpha value is -2.94. The van der Waals surface area contributed by atoms with E-state index in [1.807, 2.05) is 36.4 Å². The fourth-order valence-corrected chi connectivity index (χ4v) is 5.55. The Balaban J connectivity index is 1.80. The second kappa shape index (κ2) is 8.66. The van der Waals surface area contributed by atoms with Gasteiger partial charge >= 0.3 is 0 Å². The Morgan fingerprint density at radius 1 is 0.677 bits per heavy atom. The van der Waals surface area contributed by atoms with Gasteiger partial charge in [-0.2, -0.15) is 0 Å². The molecule has 3 nitrogen and oxygen atoms in total. The van der Waals surface area contributed by atoms with Crippen LogP contribution in [0.1, 0.15) is 73.3 Å². The number of aryl methyl sites for hydroxylation is 2. The molecule has 1 fully saturated rings. The minimum atomic E-state index is -0.133. The van der Waals surface area contributed by atoms with E-state index in [0.717, 1.165) is 38.5 Å². The average molecular weight is 417 g/mol. The first kappa shape index (κ1) is 21.3. The number of phenolic OH excluding ortho intramolecular Hbond substituents is 3. The highest BCUT2D eigenvalue weighted by atomic mass is 16.3. The van der Waals surface area contributed by atoms with Crippen LogP contribution < -0.4 is 0 Å². The molecule has 0 heterocycles. The van der Waals surface area contributed by atoms with E-state index in [9.17, 15) is 15.3 Å². The van der Waals surface area contributed by atoms with Gasteiger partial charge in [-0.1, -0.05) is 38.1 Å². The third-order valence-electron chi connectivity index (χ3n) is 7.17. The number of aromatic hydroxyl groups is 3. The molecule has 0 aliphatic heterocycles. The van der Waals surface area contributed by atoms with Crippen molar-refractivity contribution in [2.45, 2.75) is 63.7 Å². The van der Waals surface area contributed by atoms with Crippen LogP contribution in [0.25, 0.3) is 0 Å². The Kier molecular flexibility index (Phi) is 5.95. The molecule has 0 spiro atoms. The van der Waals surface area contributed by atoms with E-state index in [1.165, 1.54) is 27.8 Å². The monoisotopic (exact) mass is 416 g/mol. The summed E-state index contributed by atoms with van der Waals surface area (Å²) in [6, 6.07) is 19.3. The molecule has 3 aromatic rings. The van der Waals surface area contributed by atoms with Crippen molar-refractivity contribution in [3.8, 4) is 17.2 Å². The molecule has 162 valence electrons. The Morgan fingerprint density at radius 3 is 1.58 bits per heavy atom. The normalized spacial score (nSPS) is 16.3. The number of hydrogen-bond donors (Lipinski definition) is 3. The summed E-state index contributed by atoms with van der Waals surface area (Å²) in [7, 11) is 0. The van der Waals surface area contributed by atoms with Crippen LogP contribution in [0.15, 0.2) is 60.7 Å². The molecule has 0 atom stereocenters. The summed E-state index contributed by atoms with van der Waals surface area (Å²) in [5.41, 5.74) is 6.14. The van der Waals surface area contributed by atoms with Crippen molar-refractivity contribution in [1.82, 2.24) is 0 Å². The van der Waals surface area contributed by atoms with Gasteiger partial charge in [-0.3, -0.25) is 0 Å². The second-order valence-corrected chi connectivity index (χ2v) is 8.84. The zero-order valence-corrected chi connectivity index (χ0v) is 18.4. The Labute approximate surface area is 185 Å². The summed E-state index contributed by atoms with van der Waals surface area (Å²) in [4.78, 5) is 0. The van der Waals surface area contributed by atoms with Crippen LogP contribution >= 0.6 is 0 Å². The summed E-state index contributed by atoms with van der Waals surface area (Å²) in [6.07, 6.45) is 5.86. The first-order chi connectivity index (χ1) is 15.0. The molecule has 3 aromatic carbocycles. The van der Waals surface area contributed by atoms with Gasteiger partial charge in [0.25, 0.3) is 0 Å². The molecule has 3 heteroatoms. The smallest absolute Gasteiger partial charge is 0.115 e. The zero-order chi connectivity index (χ0) is 22.0. The van der Waals surface area contributed by atoms with Crippen LogP contribution in [0.4, 0.5) is 0 Å². The molecule has 1 saturated carbocycles. The summed E-state index contributed by atoms with van der Waals surface area (Å²) >= 11 is 0. The Morgan fingerprint density at radius 2 is 1.13 bits per heavy atom. The molecule has 0 unspecified atom stereocenters. The summed E-state index contributed by atoms with van der Waals surface area (Å²) < 4.78 is 0. The predicted molar refractivity (Wildman–Crippen MR) is 125 cm³/mol. The van der Waals surface area contributed by atoms with Crippen molar-refractivity contribution in [2.24, 2.45) is 0 Å². The van der Waals surface area contributed by atoms with Crippen molar-refractivity contribution in [1.29, 1.82) is 0 Å². The SMILES string of the molecule is CCc1cc(O)ccc1C1(c2ccc(O)cc2CC)CCC(c2ccc(O)cc2)CC1. The van der Waals surface area contributed by atoms with E-state index in [4.69, 9.17) is 0 Å². The largest absolute Gasteiger partial charge is 0.508 e. The van der Waals surface area contributed by atoms with Gasteiger partial charge in [0.05, 0.1) is 0 Å². The molecule has 0 bridgehead atoms. The van der Waals surface area contributed by atoms with E-state index in [0.29, 0.717) is 23.2 Å². The molecule has 1 aliphatic carbocycles. The fraction of sp³-hybridized carbons (Fsp3) is 0.357. The van der Waals surface area contributed by atoms with Crippen LogP contribution in [0.5, 0.6) is 17.2 Å². The highest BCUT2D eigenvalue weighted by molar-refractivity contribution is 5.51. The molecular weight excluding hydrogens is 384 g/mol. The number of benzene rings is 3. The van der Waals surface area contributed by atoms with E-state index >= 15 is 0 Å². The van der Waals surface area contributed by atoms with Crippen LogP contribution in [-0.4, -0.2) is 15.3 Å². The van der Waals surface area contributed by atoms with Gasteiger partial charge in [-0.05, 0) is 109 Å². The first-order valence-electron chi connectivity index (χ1n) is 11.4. The predicted octanol–water partition coefficient (Wildman–Crippen LogP) is 6.57. The molecule has 3 N–H and O–H groups in total. The highest BCUT2D eigenvalue weighted by Crippen LogP contribution is 2.51. The maximum atomic E-state index is 10.1. The topological polar surface area (TPSA) is 60.7 Å². The third kappa shape index (κ3) is 4.01. The standard InChI is InChI=1S/C28H32O3/c1-3-19-17-24(30)9-11-26(19)28(27-12-10-25(31)18-20(27)4-2)15-13-22(14-16-28)21-5-7-23(29)8-6-21/h5-12,17-18,22,29-31H,3-4,13-16H2,1-2H3. The lowest BCUT2D eigenvalue weighted by Gasteiger charge is -2.43. The van der Waals surface area contributed by atoms with E-state index in [-0.39, 0.29) is 5.41 Å². The highest BCUT2D eigenvalue weighted by Gasteiger charge is 2.41. The van der Waals surface area contributed by atoms with Gasteiger partial charge in [0.15, 0.2) is 0 Å². The minimum Gasteiger partial charge on any atom is -0.508 e. The number of phenols is 3. The van der Waals surface area contributed by atoms with Crippen molar-refractivity contribution >= 4 is 0 Å². The quantitative estimate of drug-likeness (QED) is 0.441. The van der Waals surface area contributed by atoms with Crippen molar-refractivity contribution in [3.63, 3.8) is 0 Å². The lowest BCUT2D eigenvalue weighted by Crippen LogP contribution is -2.34. The van der Waals surface area contributed by atoms with Crippen molar-refractivity contribution < 1.29 is 15.3 Å². The van der Waals surface area contributed by atoms with Gasteiger partial charge in [0.1, 0.15) is 17.2 Å². The summed E-state index contributed by atoms with van der Waals surface area (Å²) in [5.74, 6) is 1.41. The van der Waals surface area contributed by atoms with Gasteiger partial charge in [-0.15, -0.1) is 0 Å². The van der Waals surface area contributed by atoms with Gasteiger partial charge in [0, 0.05) is 5.41 Å². The zero-order valence-electron chi connectivity index (χ0n) is 18.4. The molecule has 0 saturated heterocycles. The molecule has 1 aliphatic rings. The fourth-order valence-electron chi connectivity index (χ4n) is 5.55. The average Bonchev–Trinajstić information content (AvgIpc) is 2.79. The number of rotatable bonds is 5. The summed E-state index contributed by atoms with van der Waals surface area (Å²) in [6.45, 7) is 4.29. The maximum Gasteiger partial charge on any atom is 0.115 e. The van der Waals surface area contributed by atoms with Crippen molar-refractivity contribution in [2.75, 3.05) is 0 Å². The summed E-state index contributed by atoms with van der Waals surface area (Å²) in [5, 5.41) is 29.9. The minimum absolute atomic E-state index is 0.133. The second-order valence-electron chi connectivity index (χ2n) is 8.84. The molecule has 31 heavy (non-hydrogen) atoms. The Bertz CT molecular complexity index is 989. The maximum absolute atomic E-state index is 10.1. The van der Waals surface area contributed by atoms with Gasteiger partial charge < -0.3 is 15.3 Å². The van der Waals surface area contributed by atoms with E-state index in [1.54, 1.807) is 12.1 Å². The molecule has 4 rings (SSSR count).